The number of nitrogens with one attached hydrogen (secondary N) is 2. The summed E-state index contributed by atoms with van der Waals surface area (Å²) in [7, 11) is 0. The molecule has 0 spiro atoms. The second kappa shape index (κ2) is 9.02. The van der Waals surface area contributed by atoms with E-state index in [4.69, 9.17) is 23.8 Å². The van der Waals surface area contributed by atoms with Gasteiger partial charge in [0.25, 0.3) is 0 Å². The molecule has 0 aliphatic rings. The molecule has 0 bridgehead atoms. The molecule has 0 aliphatic carbocycles. The Balaban J connectivity index is 1.59. The quantitative estimate of drug-likeness (QED) is 0.589. The Kier molecular flexibility index (Phi) is 6.48. The topological polar surface area (TPSA) is 41.9 Å². The molecule has 6 heteroatoms. The lowest BCUT2D eigenvalue weighted by molar-refractivity contribution is 0.659. The van der Waals surface area contributed by atoms with Crippen molar-refractivity contribution in [3.8, 4) is 0 Å². The maximum absolute atomic E-state index is 6.08. The third-order valence-electron chi connectivity index (χ3n) is 4.38. The second-order valence-electron chi connectivity index (χ2n) is 6.45. The number of benzene rings is 2. The molecule has 2 aromatic carbocycles. The Hall–Kier alpha value is -2.37. The van der Waals surface area contributed by atoms with Crippen LogP contribution in [0, 0.1) is 13.8 Å². The van der Waals surface area contributed by atoms with E-state index in [2.05, 4.69) is 27.9 Å². The number of aryl methyl sites for hydroxylation is 1. The molecular weight excluding hydrogens is 376 g/mol. The average molecular weight is 399 g/mol. The van der Waals surface area contributed by atoms with Crippen molar-refractivity contribution < 1.29 is 0 Å². The van der Waals surface area contributed by atoms with Gasteiger partial charge in [0.1, 0.15) is 0 Å². The summed E-state index contributed by atoms with van der Waals surface area (Å²) in [6.45, 7) is 5.48. The summed E-state index contributed by atoms with van der Waals surface area (Å²) >= 11 is 11.5. The van der Waals surface area contributed by atoms with E-state index >= 15 is 0 Å². The fraction of sp³-hybridized carbons (Fsp3) is 0.238. The highest BCUT2D eigenvalue weighted by Crippen LogP contribution is 2.21. The maximum atomic E-state index is 6.08. The van der Waals surface area contributed by atoms with Crippen LogP contribution in [-0.2, 0) is 13.0 Å². The zero-order valence-corrected chi connectivity index (χ0v) is 17.1. The van der Waals surface area contributed by atoms with Gasteiger partial charge in [-0.3, -0.25) is 4.68 Å². The summed E-state index contributed by atoms with van der Waals surface area (Å²) in [5, 5.41) is 12.5. The van der Waals surface area contributed by atoms with Gasteiger partial charge in [-0.25, -0.2) is 0 Å². The molecule has 4 nitrogen and oxygen atoms in total. The lowest BCUT2D eigenvalue weighted by Crippen LogP contribution is -2.30. The largest absolute Gasteiger partial charge is 0.362 e. The third-order valence-corrected chi connectivity index (χ3v) is 4.86. The lowest BCUT2D eigenvalue weighted by atomic mass is 10.1. The molecule has 2 N–H and O–H groups in total. The lowest BCUT2D eigenvalue weighted by Gasteiger charge is -2.11. The Bertz CT molecular complexity index is 921. The summed E-state index contributed by atoms with van der Waals surface area (Å²) in [5.74, 6) is 0. The van der Waals surface area contributed by atoms with Crippen molar-refractivity contribution in [1.82, 2.24) is 15.1 Å². The molecule has 27 heavy (non-hydrogen) atoms. The van der Waals surface area contributed by atoms with Crippen LogP contribution in [0.2, 0.25) is 5.02 Å². The van der Waals surface area contributed by atoms with Crippen LogP contribution >= 0.6 is 23.8 Å². The summed E-state index contributed by atoms with van der Waals surface area (Å²) in [6.07, 6.45) is 0.925. The van der Waals surface area contributed by atoms with E-state index in [1.54, 1.807) is 0 Å². The van der Waals surface area contributed by atoms with Crippen molar-refractivity contribution in [1.29, 1.82) is 0 Å². The predicted molar refractivity (Wildman–Crippen MR) is 117 cm³/mol. The summed E-state index contributed by atoms with van der Waals surface area (Å²) in [6, 6.07) is 18.2. The Morgan fingerprint density at radius 1 is 1.07 bits per heavy atom. The number of aromatic nitrogens is 2. The molecule has 0 aliphatic heterocycles. The van der Waals surface area contributed by atoms with E-state index in [0.717, 1.165) is 40.6 Å². The minimum atomic E-state index is 0.611. The number of halogens is 1. The summed E-state index contributed by atoms with van der Waals surface area (Å²) in [5.41, 5.74) is 5.31. The first-order valence-electron chi connectivity index (χ1n) is 8.90. The molecule has 0 radical (unpaired) electrons. The van der Waals surface area contributed by atoms with E-state index in [1.165, 1.54) is 5.56 Å². The van der Waals surface area contributed by atoms with Crippen LogP contribution in [-0.4, -0.2) is 21.4 Å². The van der Waals surface area contributed by atoms with E-state index in [9.17, 15) is 0 Å². The number of thiocarbonyl (C=S) groups is 1. The number of hydrogen-bond donors (Lipinski definition) is 2. The van der Waals surface area contributed by atoms with Gasteiger partial charge in [-0.2, -0.15) is 5.10 Å². The zero-order valence-electron chi connectivity index (χ0n) is 15.5. The molecule has 1 heterocycles. The monoisotopic (exact) mass is 398 g/mol. The summed E-state index contributed by atoms with van der Waals surface area (Å²) < 4.78 is 1.97. The second-order valence-corrected chi connectivity index (χ2v) is 7.29. The SMILES string of the molecule is Cc1nn(Cc2cccc(Cl)c2)c(C)c1NC(=S)NCCc1ccccc1. The molecule has 0 atom stereocenters. The standard InChI is InChI=1S/C21H23ClN4S/c1-15-20(24-21(27)23-12-11-17-7-4-3-5-8-17)16(2)26(25-15)14-18-9-6-10-19(22)13-18/h3-10,13H,11-12,14H2,1-2H3,(H2,23,24,27). The van der Waals surface area contributed by atoms with Crippen molar-refractivity contribution in [2.24, 2.45) is 0 Å². The van der Waals surface area contributed by atoms with Crippen LogP contribution in [0.15, 0.2) is 54.6 Å². The molecule has 3 rings (SSSR count). The van der Waals surface area contributed by atoms with Gasteiger partial charge in [-0.05, 0) is 55.7 Å². The molecule has 0 amide bonds. The minimum Gasteiger partial charge on any atom is -0.362 e. The normalized spacial score (nSPS) is 10.6. The molecular formula is C21H23ClN4S. The van der Waals surface area contributed by atoms with Crippen LogP contribution in [0.4, 0.5) is 5.69 Å². The van der Waals surface area contributed by atoms with Gasteiger partial charge in [0, 0.05) is 11.6 Å². The van der Waals surface area contributed by atoms with Gasteiger partial charge in [0.05, 0.1) is 23.6 Å². The zero-order chi connectivity index (χ0) is 19.2. The Morgan fingerprint density at radius 2 is 1.81 bits per heavy atom. The molecule has 1 aromatic heterocycles. The molecule has 140 valence electrons. The predicted octanol–water partition coefficient (Wildman–Crippen LogP) is 4.73. The first kappa shape index (κ1) is 19.4. The van der Waals surface area contributed by atoms with Gasteiger partial charge in [0.15, 0.2) is 5.11 Å². The fourth-order valence-electron chi connectivity index (χ4n) is 2.96. The highest BCUT2D eigenvalue weighted by atomic mass is 35.5. The molecule has 0 saturated heterocycles. The molecule has 0 unspecified atom stereocenters. The van der Waals surface area contributed by atoms with Crippen LogP contribution in [0.5, 0.6) is 0 Å². The molecule has 0 saturated carbocycles. The minimum absolute atomic E-state index is 0.611. The van der Waals surface area contributed by atoms with Crippen molar-refractivity contribution in [3.05, 3.63) is 82.1 Å². The van der Waals surface area contributed by atoms with Crippen LogP contribution in [0.25, 0.3) is 0 Å². The number of hydrogen-bond acceptors (Lipinski definition) is 2. The van der Waals surface area contributed by atoms with Gasteiger partial charge in [0.2, 0.25) is 0 Å². The van der Waals surface area contributed by atoms with E-state index in [0.29, 0.717) is 11.7 Å². The van der Waals surface area contributed by atoms with Crippen molar-refractivity contribution in [2.75, 3.05) is 11.9 Å². The van der Waals surface area contributed by atoms with Crippen molar-refractivity contribution in [3.63, 3.8) is 0 Å². The third kappa shape index (κ3) is 5.31. The smallest absolute Gasteiger partial charge is 0.170 e. The average Bonchev–Trinajstić information content (AvgIpc) is 2.90. The van der Waals surface area contributed by atoms with Gasteiger partial charge < -0.3 is 10.6 Å². The summed E-state index contributed by atoms with van der Waals surface area (Å²) in [4.78, 5) is 0. The first-order valence-corrected chi connectivity index (χ1v) is 9.69. The van der Waals surface area contributed by atoms with Crippen LogP contribution in [0.3, 0.4) is 0 Å². The van der Waals surface area contributed by atoms with Gasteiger partial charge >= 0.3 is 0 Å². The fourth-order valence-corrected chi connectivity index (χ4v) is 3.38. The van der Waals surface area contributed by atoms with E-state index in [1.807, 2.05) is 61.0 Å². The first-order chi connectivity index (χ1) is 13.0. The van der Waals surface area contributed by atoms with Crippen LogP contribution < -0.4 is 10.6 Å². The molecule has 3 aromatic rings. The van der Waals surface area contributed by atoms with Gasteiger partial charge in [-0.15, -0.1) is 0 Å². The number of anilines is 1. The van der Waals surface area contributed by atoms with Gasteiger partial charge in [-0.1, -0.05) is 54.1 Å². The Labute approximate surface area is 170 Å². The molecule has 0 fully saturated rings. The van der Waals surface area contributed by atoms with Crippen molar-refractivity contribution >= 4 is 34.6 Å². The van der Waals surface area contributed by atoms with Crippen molar-refractivity contribution in [2.45, 2.75) is 26.8 Å². The number of nitrogens with zero attached hydrogens (tertiary/aromatic N) is 2. The number of rotatable bonds is 6. The Morgan fingerprint density at radius 3 is 2.56 bits per heavy atom. The van der Waals surface area contributed by atoms with Crippen LogP contribution in [0.1, 0.15) is 22.5 Å². The van der Waals surface area contributed by atoms with E-state index in [-0.39, 0.29) is 0 Å². The maximum Gasteiger partial charge on any atom is 0.170 e. The highest BCUT2D eigenvalue weighted by molar-refractivity contribution is 7.80. The highest BCUT2D eigenvalue weighted by Gasteiger charge is 2.13. The van der Waals surface area contributed by atoms with E-state index < -0.39 is 0 Å².